The monoisotopic (exact) mass is 491 g/mol. The number of nitrogens with two attached hydrogens (primary N) is 1. The molecule has 2 N–H and O–H groups in total. The molecule has 0 radical (unpaired) electrons. The van der Waals surface area contributed by atoms with Crippen molar-refractivity contribution in [3.8, 4) is 16.9 Å². The van der Waals surface area contributed by atoms with Crippen molar-refractivity contribution in [2.75, 3.05) is 19.8 Å². The van der Waals surface area contributed by atoms with E-state index >= 15 is 0 Å². The summed E-state index contributed by atoms with van der Waals surface area (Å²) in [5.41, 5.74) is 7.94. The molecular weight excluding hydrogens is 468 g/mol. The molecule has 3 aromatic rings. The maximum absolute atomic E-state index is 13.9. The van der Waals surface area contributed by atoms with Crippen molar-refractivity contribution in [2.24, 2.45) is 11.8 Å². The van der Waals surface area contributed by atoms with Gasteiger partial charge in [-0.2, -0.15) is 5.10 Å². The second kappa shape index (κ2) is 9.19. The van der Waals surface area contributed by atoms with E-state index in [-0.39, 0.29) is 28.6 Å². The summed E-state index contributed by atoms with van der Waals surface area (Å²) in [7, 11) is 3.54. The second-order valence-electron chi connectivity index (χ2n) is 8.41. The van der Waals surface area contributed by atoms with E-state index < -0.39 is 11.9 Å². The largest absolute Gasteiger partial charge is 0.482 e. The molecule has 0 spiro atoms. The maximum atomic E-state index is 13.9. The minimum absolute atomic E-state index is 0.0637. The van der Waals surface area contributed by atoms with Gasteiger partial charge in [-0.25, -0.2) is 9.37 Å². The smallest absolute Gasteiger partial charge is 0.225 e. The van der Waals surface area contributed by atoms with Crippen LogP contribution in [0.3, 0.4) is 0 Å². The van der Waals surface area contributed by atoms with Gasteiger partial charge in [0.25, 0.3) is 0 Å². The Morgan fingerprint density at radius 1 is 1.33 bits per heavy atom. The molecule has 1 fully saturated rings. The number of pyridine rings is 1. The van der Waals surface area contributed by atoms with Gasteiger partial charge in [-0.3, -0.25) is 9.48 Å². The van der Waals surface area contributed by atoms with E-state index in [2.05, 4.69) is 10.1 Å². The van der Waals surface area contributed by atoms with E-state index in [1.807, 2.05) is 10.9 Å². The van der Waals surface area contributed by atoms with Crippen LogP contribution in [0.2, 0.25) is 10.0 Å². The Kier molecular flexibility index (Phi) is 6.50. The van der Waals surface area contributed by atoms with Gasteiger partial charge in [0.05, 0.1) is 11.2 Å². The fourth-order valence-electron chi connectivity index (χ4n) is 3.81. The number of carbonyl (C=O) groups is 1. The van der Waals surface area contributed by atoms with Crippen LogP contribution < -0.4 is 10.5 Å². The summed E-state index contributed by atoms with van der Waals surface area (Å²) in [6.45, 7) is 2.38. The van der Waals surface area contributed by atoms with Crippen molar-refractivity contribution in [2.45, 2.75) is 26.0 Å². The van der Waals surface area contributed by atoms with Crippen LogP contribution in [0.15, 0.2) is 36.8 Å². The molecule has 1 aliphatic rings. The molecule has 1 aliphatic carbocycles. The zero-order valence-corrected chi connectivity index (χ0v) is 19.9. The topological polar surface area (TPSA) is 86.3 Å². The van der Waals surface area contributed by atoms with Crippen LogP contribution >= 0.6 is 23.2 Å². The number of anilines is 1. The van der Waals surface area contributed by atoms with E-state index in [9.17, 15) is 9.18 Å². The van der Waals surface area contributed by atoms with Crippen molar-refractivity contribution in [1.29, 1.82) is 0 Å². The number of amides is 1. The van der Waals surface area contributed by atoms with Gasteiger partial charge in [-0.1, -0.05) is 23.2 Å². The number of benzene rings is 1. The average Bonchev–Trinajstić information content (AvgIpc) is 3.37. The van der Waals surface area contributed by atoms with Crippen LogP contribution in [0, 0.1) is 17.7 Å². The molecule has 4 rings (SSSR count). The van der Waals surface area contributed by atoms with Crippen molar-refractivity contribution >= 4 is 34.9 Å². The third kappa shape index (κ3) is 4.91. The minimum atomic E-state index is -0.663. The normalized spacial score (nSPS) is 18.1. The highest BCUT2D eigenvalue weighted by molar-refractivity contribution is 6.36. The number of carbonyl (C=O) groups excluding carboxylic acids is 1. The number of hydrogen-bond acceptors (Lipinski definition) is 5. The SMILES string of the molecule is CC(Oc1cc(-c2cnn(CC3CC3C(=O)N(C)C)c2)cnc1N)c1c(Cl)ccc(F)c1Cl. The van der Waals surface area contributed by atoms with Crippen molar-refractivity contribution in [3.63, 3.8) is 0 Å². The Hall–Kier alpha value is -2.84. The zero-order valence-electron chi connectivity index (χ0n) is 18.4. The van der Waals surface area contributed by atoms with Crippen LogP contribution in [0.1, 0.15) is 25.0 Å². The van der Waals surface area contributed by atoms with Gasteiger partial charge in [-0.15, -0.1) is 0 Å². The number of ether oxygens (including phenoxy) is 1. The Morgan fingerprint density at radius 2 is 2.09 bits per heavy atom. The molecule has 1 amide bonds. The van der Waals surface area contributed by atoms with Gasteiger partial charge in [0.1, 0.15) is 11.9 Å². The van der Waals surface area contributed by atoms with Crippen molar-refractivity contribution in [3.05, 3.63) is 58.2 Å². The first-order valence-electron chi connectivity index (χ1n) is 10.4. The Balaban J connectivity index is 1.49. The number of nitrogens with zero attached hydrogens (tertiary/aromatic N) is 4. The molecule has 0 bridgehead atoms. The van der Waals surface area contributed by atoms with Crippen LogP contribution in [0.5, 0.6) is 5.75 Å². The van der Waals surface area contributed by atoms with E-state index in [0.29, 0.717) is 22.9 Å². The lowest BCUT2D eigenvalue weighted by molar-refractivity contribution is -0.130. The summed E-state index contributed by atoms with van der Waals surface area (Å²) in [6, 6.07) is 4.38. The molecule has 7 nitrogen and oxygen atoms in total. The number of nitrogen functional groups attached to an aromatic ring is 1. The molecule has 1 saturated carbocycles. The first kappa shape index (κ1) is 23.3. The molecule has 1 aromatic carbocycles. The number of halogens is 3. The molecule has 174 valence electrons. The molecule has 33 heavy (non-hydrogen) atoms. The summed E-state index contributed by atoms with van der Waals surface area (Å²) >= 11 is 12.3. The second-order valence-corrected chi connectivity index (χ2v) is 9.20. The molecule has 3 atom stereocenters. The highest BCUT2D eigenvalue weighted by atomic mass is 35.5. The average molecular weight is 492 g/mol. The number of rotatable bonds is 7. The fourth-order valence-corrected chi connectivity index (χ4v) is 4.49. The lowest BCUT2D eigenvalue weighted by Gasteiger charge is -2.19. The van der Waals surface area contributed by atoms with Crippen LogP contribution in [0.25, 0.3) is 11.1 Å². The molecule has 0 saturated heterocycles. The molecule has 3 unspecified atom stereocenters. The van der Waals surface area contributed by atoms with Crippen LogP contribution in [0.4, 0.5) is 10.2 Å². The summed E-state index contributed by atoms with van der Waals surface area (Å²) in [5.74, 6) is 0.438. The quantitative estimate of drug-likeness (QED) is 0.478. The van der Waals surface area contributed by atoms with Gasteiger partial charge < -0.3 is 15.4 Å². The molecule has 2 heterocycles. The van der Waals surface area contributed by atoms with E-state index in [0.717, 1.165) is 17.5 Å². The lowest BCUT2D eigenvalue weighted by atomic mass is 10.1. The Bertz CT molecular complexity index is 1200. The Labute approximate surface area is 201 Å². The fraction of sp³-hybridized carbons (Fsp3) is 0.348. The molecule has 0 aliphatic heterocycles. The first-order valence-corrected chi connectivity index (χ1v) is 11.2. The standard InChI is InChI=1S/C23H24Cl2FN5O2/c1-12(20-17(24)4-5-18(26)21(20)25)33-19-7-13(8-28-22(19)27)15-9-29-31(11-15)10-14-6-16(14)23(32)30(2)3/h4-5,7-9,11-12,14,16H,6,10H2,1-3H3,(H2,27,28). The number of aromatic nitrogens is 3. The zero-order chi connectivity index (χ0) is 23.9. The van der Waals surface area contributed by atoms with E-state index in [4.69, 9.17) is 33.7 Å². The number of hydrogen-bond donors (Lipinski definition) is 1. The van der Waals surface area contributed by atoms with Crippen molar-refractivity contribution < 1.29 is 13.9 Å². The molecule has 2 aromatic heterocycles. The van der Waals surface area contributed by atoms with E-state index in [1.165, 1.54) is 12.1 Å². The van der Waals surface area contributed by atoms with Crippen molar-refractivity contribution in [1.82, 2.24) is 19.7 Å². The maximum Gasteiger partial charge on any atom is 0.225 e. The van der Waals surface area contributed by atoms with Gasteiger partial charge in [0, 0.05) is 60.7 Å². The minimum Gasteiger partial charge on any atom is -0.482 e. The van der Waals surface area contributed by atoms with E-state index in [1.54, 1.807) is 44.4 Å². The summed E-state index contributed by atoms with van der Waals surface area (Å²) < 4.78 is 21.7. The lowest BCUT2D eigenvalue weighted by Crippen LogP contribution is -2.24. The van der Waals surface area contributed by atoms with Gasteiger partial charge in [0.2, 0.25) is 5.91 Å². The van der Waals surface area contributed by atoms with Gasteiger partial charge >= 0.3 is 0 Å². The Morgan fingerprint density at radius 3 is 2.82 bits per heavy atom. The summed E-state index contributed by atoms with van der Waals surface area (Å²) in [5, 5.41) is 4.62. The van der Waals surface area contributed by atoms with Crippen LogP contribution in [-0.2, 0) is 11.3 Å². The highest BCUT2D eigenvalue weighted by Gasteiger charge is 2.43. The predicted octanol–water partition coefficient (Wildman–Crippen LogP) is 4.84. The third-order valence-electron chi connectivity index (χ3n) is 5.74. The summed E-state index contributed by atoms with van der Waals surface area (Å²) in [4.78, 5) is 17.9. The van der Waals surface area contributed by atoms with Gasteiger partial charge in [0.15, 0.2) is 11.6 Å². The first-order chi connectivity index (χ1) is 15.7. The van der Waals surface area contributed by atoms with Gasteiger partial charge in [-0.05, 0) is 37.5 Å². The molecule has 10 heteroatoms. The molecular formula is C23H24Cl2FN5O2. The highest BCUT2D eigenvalue weighted by Crippen LogP contribution is 2.41. The predicted molar refractivity (Wildman–Crippen MR) is 126 cm³/mol. The third-order valence-corrected chi connectivity index (χ3v) is 6.45. The summed E-state index contributed by atoms with van der Waals surface area (Å²) in [6.07, 6.45) is 5.47. The van der Waals surface area contributed by atoms with Crippen LogP contribution in [-0.4, -0.2) is 39.7 Å².